The van der Waals surface area contributed by atoms with Crippen LogP contribution in [-0.2, 0) is 4.79 Å². The molecule has 1 amide bonds. The Morgan fingerprint density at radius 3 is 2.79 bits per heavy atom. The van der Waals surface area contributed by atoms with Crippen LogP contribution in [0, 0.1) is 16.7 Å². The molecule has 1 heterocycles. The van der Waals surface area contributed by atoms with Crippen molar-refractivity contribution in [2.75, 3.05) is 20.1 Å². The van der Waals surface area contributed by atoms with E-state index in [4.69, 9.17) is 5.26 Å². The first-order valence-electron chi connectivity index (χ1n) is 5.09. The van der Waals surface area contributed by atoms with E-state index in [-0.39, 0.29) is 11.9 Å². The summed E-state index contributed by atoms with van der Waals surface area (Å²) in [6.45, 7) is 1.84. The number of nitrogens with one attached hydrogen (secondary N) is 1. The van der Waals surface area contributed by atoms with E-state index in [9.17, 15) is 4.79 Å². The lowest BCUT2D eigenvalue weighted by molar-refractivity contribution is -0.135. The Morgan fingerprint density at radius 2 is 2.36 bits per heavy atom. The summed E-state index contributed by atoms with van der Waals surface area (Å²) in [5, 5.41) is 12.1. The maximum Gasteiger partial charge on any atom is 0.243 e. The standard InChI is InChI=1S/C10H15N3O/c1-13(8-2-5-12-6-8)9(14)10(7-11)3-4-10/h8,12H,2-6H2,1H3/t8-/m0/s1. The number of rotatable bonds is 2. The van der Waals surface area contributed by atoms with E-state index in [0.29, 0.717) is 0 Å². The summed E-state index contributed by atoms with van der Waals surface area (Å²) < 4.78 is 0. The maximum atomic E-state index is 11.9. The second-order valence-electron chi connectivity index (χ2n) is 4.26. The molecular formula is C10H15N3O. The normalized spacial score (nSPS) is 28.1. The van der Waals surface area contributed by atoms with Crippen molar-refractivity contribution in [1.29, 1.82) is 5.26 Å². The van der Waals surface area contributed by atoms with E-state index in [0.717, 1.165) is 32.4 Å². The molecule has 1 aliphatic heterocycles. The fraction of sp³-hybridized carbons (Fsp3) is 0.800. The van der Waals surface area contributed by atoms with Crippen molar-refractivity contribution in [2.45, 2.75) is 25.3 Å². The van der Waals surface area contributed by atoms with Gasteiger partial charge in [0.15, 0.2) is 0 Å². The van der Waals surface area contributed by atoms with Crippen LogP contribution < -0.4 is 5.32 Å². The van der Waals surface area contributed by atoms with Gasteiger partial charge in [-0.05, 0) is 25.8 Å². The van der Waals surface area contributed by atoms with Gasteiger partial charge in [-0.2, -0.15) is 5.26 Å². The smallest absolute Gasteiger partial charge is 0.243 e. The lowest BCUT2D eigenvalue weighted by Gasteiger charge is -2.25. The van der Waals surface area contributed by atoms with Crippen LogP contribution in [0.3, 0.4) is 0 Å². The molecule has 0 spiro atoms. The van der Waals surface area contributed by atoms with E-state index in [1.807, 2.05) is 7.05 Å². The van der Waals surface area contributed by atoms with Gasteiger partial charge >= 0.3 is 0 Å². The molecule has 2 aliphatic rings. The fourth-order valence-electron chi connectivity index (χ4n) is 1.97. The number of carbonyl (C=O) groups excluding carboxylic acids is 1. The van der Waals surface area contributed by atoms with Crippen molar-refractivity contribution in [3.63, 3.8) is 0 Å². The Morgan fingerprint density at radius 1 is 1.64 bits per heavy atom. The quantitative estimate of drug-likeness (QED) is 0.677. The van der Waals surface area contributed by atoms with Crippen LogP contribution in [0.25, 0.3) is 0 Å². The van der Waals surface area contributed by atoms with Gasteiger partial charge in [0, 0.05) is 19.6 Å². The highest BCUT2D eigenvalue weighted by atomic mass is 16.2. The first kappa shape index (κ1) is 9.47. The third-order valence-electron chi connectivity index (χ3n) is 3.28. The van der Waals surface area contributed by atoms with Gasteiger partial charge in [-0.3, -0.25) is 4.79 Å². The molecule has 2 fully saturated rings. The minimum Gasteiger partial charge on any atom is -0.340 e. The predicted octanol–water partition coefficient (Wildman–Crippen LogP) is 0.110. The molecular weight excluding hydrogens is 178 g/mol. The van der Waals surface area contributed by atoms with Crippen molar-refractivity contribution < 1.29 is 4.79 Å². The molecule has 14 heavy (non-hydrogen) atoms. The zero-order valence-corrected chi connectivity index (χ0v) is 8.42. The number of hydrogen-bond donors (Lipinski definition) is 1. The summed E-state index contributed by atoms with van der Waals surface area (Å²) in [6, 6.07) is 2.43. The maximum absolute atomic E-state index is 11.9. The molecule has 0 unspecified atom stereocenters. The van der Waals surface area contributed by atoms with Crippen molar-refractivity contribution in [3.05, 3.63) is 0 Å². The largest absolute Gasteiger partial charge is 0.340 e. The van der Waals surface area contributed by atoms with Crippen LogP contribution in [0.5, 0.6) is 0 Å². The molecule has 0 bridgehead atoms. The van der Waals surface area contributed by atoms with E-state index in [1.165, 1.54) is 0 Å². The zero-order chi connectivity index (χ0) is 10.2. The first-order chi connectivity index (χ1) is 6.69. The average molecular weight is 193 g/mol. The Hall–Kier alpha value is -1.08. The summed E-state index contributed by atoms with van der Waals surface area (Å²) in [7, 11) is 1.82. The van der Waals surface area contributed by atoms with Crippen molar-refractivity contribution in [2.24, 2.45) is 5.41 Å². The predicted molar refractivity (Wildman–Crippen MR) is 51.3 cm³/mol. The van der Waals surface area contributed by atoms with Crippen LogP contribution in [0.2, 0.25) is 0 Å². The van der Waals surface area contributed by atoms with E-state index in [2.05, 4.69) is 11.4 Å². The number of amides is 1. The molecule has 0 aromatic heterocycles. The van der Waals surface area contributed by atoms with Gasteiger partial charge in [0.05, 0.1) is 6.07 Å². The third kappa shape index (κ3) is 1.38. The number of hydrogen-bond acceptors (Lipinski definition) is 3. The Balaban J connectivity index is 2.01. The van der Waals surface area contributed by atoms with E-state index < -0.39 is 5.41 Å². The second kappa shape index (κ2) is 3.25. The van der Waals surface area contributed by atoms with Gasteiger partial charge < -0.3 is 10.2 Å². The molecule has 2 rings (SSSR count). The molecule has 0 radical (unpaired) electrons. The monoisotopic (exact) mass is 193 g/mol. The lowest BCUT2D eigenvalue weighted by atomic mass is 10.1. The minimum absolute atomic E-state index is 0.0219. The highest BCUT2D eigenvalue weighted by Gasteiger charge is 2.52. The van der Waals surface area contributed by atoms with Crippen LogP contribution in [-0.4, -0.2) is 37.0 Å². The summed E-state index contributed by atoms with van der Waals surface area (Å²) >= 11 is 0. The van der Waals surface area contributed by atoms with E-state index in [1.54, 1.807) is 4.90 Å². The Labute approximate surface area is 83.9 Å². The van der Waals surface area contributed by atoms with Gasteiger partial charge in [-0.25, -0.2) is 0 Å². The summed E-state index contributed by atoms with van der Waals surface area (Å²) in [5.74, 6) is 0.0219. The summed E-state index contributed by atoms with van der Waals surface area (Å²) in [5.41, 5.74) is -0.655. The molecule has 1 aliphatic carbocycles. The van der Waals surface area contributed by atoms with Crippen LogP contribution in [0.1, 0.15) is 19.3 Å². The molecule has 1 saturated heterocycles. The summed E-state index contributed by atoms with van der Waals surface area (Å²) in [6.07, 6.45) is 2.49. The first-order valence-corrected chi connectivity index (χ1v) is 5.09. The van der Waals surface area contributed by atoms with Crippen molar-refractivity contribution in [3.8, 4) is 6.07 Å². The number of nitrogens with zero attached hydrogens (tertiary/aromatic N) is 2. The SMILES string of the molecule is CN(C(=O)C1(C#N)CC1)[C@H]1CCNC1. The van der Waals surface area contributed by atoms with Gasteiger partial charge in [-0.1, -0.05) is 0 Å². The lowest BCUT2D eigenvalue weighted by Crippen LogP contribution is -2.42. The Bertz CT molecular complexity index is 284. The second-order valence-corrected chi connectivity index (χ2v) is 4.26. The summed E-state index contributed by atoms with van der Waals surface area (Å²) in [4.78, 5) is 13.7. The van der Waals surface area contributed by atoms with Gasteiger partial charge in [-0.15, -0.1) is 0 Å². The van der Waals surface area contributed by atoms with E-state index >= 15 is 0 Å². The molecule has 1 atom stereocenters. The molecule has 0 aromatic carbocycles. The Kier molecular flexibility index (Phi) is 2.20. The highest BCUT2D eigenvalue weighted by Crippen LogP contribution is 2.46. The highest BCUT2D eigenvalue weighted by molar-refractivity contribution is 5.88. The topological polar surface area (TPSA) is 56.1 Å². The molecule has 1 saturated carbocycles. The molecule has 4 nitrogen and oxygen atoms in total. The van der Waals surface area contributed by atoms with Crippen LogP contribution in [0.15, 0.2) is 0 Å². The van der Waals surface area contributed by atoms with Gasteiger partial charge in [0.2, 0.25) is 5.91 Å². The molecule has 0 aromatic rings. The third-order valence-corrected chi connectivity index (χ3v) is 3.28. The number of likely N-dealkylation sites (N-methyl/N-ethyl adjacent to an activating group) is 1. The minimum atomic E-state index is -0.655. The zero-order valence-electron chi connectivity index (χ0n) is 8.42. The van der Waals surface area contributed by atoms with Crippen LogP contribution in [0.4, 0.5) is 0 Å². The van der Waals surface area contributed by atoms with Crippen LogP contribution >= 0.6 is 0 Å². The molecule has 1 N–H and O–H groups in total. The number of nitriles is 1. The molecule has 76 valence electrons. The van der Waals surface area contributed by atoms with Crippen molar-refractivity contribution in [1.82, 2.24) is 10.2 Å². The fourth-order valence-corrected chi connectivity index (χ4v) is 1.97. The van der Waals surface area contributed by atoms with Crippen molar-refractivity contribution >= 4 is 5.91 Å². The molecule has 4 heteroatoms. The van der Waals surface area contributed by atoms with Gasteiger partial charge in [0.25, 0.3) is 0 Å². The van der Waals surface area contributed by atoms with Gasteiger partial charge in [0.1, 0.15) is 5.41 Å². The number of carbonyl (C=O) groups is 1. The average Bonchev–Trinajstić information content (AvgIpc) is 2.82.